The molecule has 144 valence electrons. The van der Waals surface area contributed by atoms with Gasteiger partial charge >= 0.3 is 0 Å². The van der Waals surface area contributed by atoms with E-state index in [1.807, 2.05) is 11.2 Å². The van der Waals surface area contributed by atoms with E-state index < -0.39 is 0 Å². The van der Waals surface area contributed by atoms with Crippen molar-refractivity contribution in [1.29, 1.82) is 0 Å². The van der Waals surface area contributed by atoms with Crippen molar-refractivity contribution in [3.63, 3.8) is 0 Å². The highest BCUT2D eigenvalue weighted by Gasteiger charge is 2.23. The molecule has 5 rings (SSSR count). The molecule has 3 heterocycles. The number of aromatic nitrogens is 2. The molecule has 2 aliphatic heterocycles. The van der Waals surface area contributed by atoms with Crippen LogP contribution in [0.3, 0.4) is 0 Å². The molecule has 0 aliphatic carbocycles. The van der Waals surface area contributed by atoms with Gasteiger partial charge in [0.25, 0.3) is 0 Å². The standard InChI is InChI=1S/C22H25N5O/c1-15(28)27-7-6-17-10-16(4-5-19(17)27)13-26-14-23-18-11-21-22(12-20(18)26)25(3)9-8-24(21)2/h4-5,10-12,14H,6-9,13H2,1-3H3. The largest absolute Gasteiger partial charge is 0.371 e. The molecule has 0 spiro atoms. The van der Waals surface area contributed by atoms with E-state index in [0.29, 0.717) is 0 Å². The summed E-state index contributed by atoms with van der Waals surface area (Å²) in [6, 6.07) is 10.9. The molecule has 6 nitrogen and oxygen atoms in total. The summed E-state index contributed by atoms with van der Waals surface area (Å²) in [4.78, 5) is 22.9. The molecule has 0 saturated heterocycles. The summed E-state index contributed by atoms with van der Waals surface area (Å²) in [7, 11) is 4.29. The highest BCUT2D eigenvalue weighted by atomic mass is 16.2. The van der Waals surface area contributed by atoms with Crippen LogP contribution in [0.1, 0.15) is 18.1 Å². The smallest absolute Gasteiger partial charge is 0.223 e. The van der Waals surface area contributed by atoms with Crippen LogP contribution in [0.4, 0.5) is 17.1 Å². The van der Waals surface area contributed by atoms with Crippen LogP contribution in [0.25, 0.3) is 11.0 Å². The molecule has 0 N–H and O–H groups in total. The number of likely N-dealkylation sites (N-methyl/N-ethyl adjacent to an activating group) is 2. The number of fused-ring (bicyclic) bond motifs is 3. The zero-order valence-electron chi connectivity index (χ0n) is 16.6. The number of anilines is 3. The Hall–Kier alpha value is -3.02. The van der Waals surface area contributed by atoms with Gasteiger partial charge in [0.05, 0.1) is 28.7 Å². The van der Waals surface area contributed by atoms with Crippen molar-refractivity contribution in [2.75, 3.05) is 48.4 Å². The first-order valence-corrected chi connectivity index (χ1v) is 9.82. The molecule has 0 fully saturated rings. The third kappa shape index (κ3) is 2.63. The molecule has 3 aromatic rings. The van der Waals surface area contributed by atoms with Crippen molar-refractivity contribution in [3.8, 4) is 0 Å². The molecule has 0 atom stereocenters. The second-order valence-corrected chi connectivity index (χ2v) is 7.93. The predicted molar refractivity (Wildman–Crippen MR) is 114 cm³/mol. The van der Waals surface area contributed by atoms with Crippen molar-refractivity contribution >= 4 is 34.0 Å². The molecule has 0 unspecified atom stereocenters. The first-order valence-electron chi connectivity index (χ1n) is 9.82. The normalized spacial score (nSPS) is 15.9. The number of rotatable bonds is 2. The zero-order valence-corrected chi connectivity index (χ0v) is 16.6. The lowest BCUT2D eigenvalue weighted by atomic mass is 10.1. The molecule has 1 aromatic heterocycles. The fraction of sp³-hybridized carbons (Fsp3) is 0.364. The average Bonchev–Trinajstić information content (AvgIpc) is 3.28. The molecular weight excluding hydrogens is 350 g/mol. The number of benzene rings is 2. The number of carbonyl (C=O) groups is 1. The van der Waals surface area contributed by atoms with Crippen LogP contribution in [0.2, 0.25) is 0 Å². The van der Waals surface area contributed by atoms with Gasteiger partial charge in [0.1, 0.15) is 0 Å². The third-order valence-corrected chi connectivity index (χ3v) is 6.08. The van der Waals surface area contributed by atoms with Crippen LogP contribution >= 0.6 is 0 Å². The lowest BCUT2D eigenvalue weighted by Gasteiger charge is -2.34. The first kappa shape index (κ1) is 17.1. The van der Waals surface area contributed by atoms with E-state index in [1.165, 1.54) is 22.5 Å². The molecule has 2 aliphatic rings. The quantitative estimate of drug-likeness (QED) is 0.691. The summed E-state index contributed by atoms with van der Waals surface area (Å²) in [6.07, 6.45) is 2.86. The number of carbonyl (C=O) groups excluding carboxylic acids is 1. The van der Waals surface area contributed by atoms with Gasteiger partial charge in [0.15, 0.2) is 0 Å². The maximum atomic E-state index is 11.8. The second kappa shape index (κ2) is 6.26. The summed E-state index contributed by atoms with van der Waals surface area (Å²) >= 11 is 0. The van der Waals surface area contributed by atoms with E-state index in [4.69, 9.17) is 0 Å². The van der Waals surface area contributed by atoms with Gasteiger partial charge in [-0.15, -0.1) is 0 Å². The summed E-state index contributed by atoms with van der Waals surface area (Å²) in [5, 5.41) is 0. The van der Waals surface area contributed by atoms with E-state index in [1.54, 1.807) is 6.92 Å². The fourth-order valence-electron chi connectivity index (χ4n) is 4.44. The molecule has 0 radical (unpaired) electrons. The SMILES string of the molecule is CC(=O)N1CCc2cc(Cn3cnc4cc5c(cc43)N(C)CCN5C)ccc21. The molecule has 0 bridgehead atoms. The Balaban J connectivity index is 1.50. The van der Waals surface area contributed by atoms with Gasteiger partial charge < -0.3 is 19.3 Å². The molecule has 28 heavy (non-hydrogen) atoms. The number of hydrogen-bond donors (Lipinski definition) is 0. The Bertz CT molecular complexity index is 1090. The minimum atomic E-state index is 0.117. The number of nitrogens with zero attached hydrogens (tertiary/aromatic N) is 5. The van der Waals surface area contributed by atoms with E-state index in [-0.39, 0.29) is 5.91 Å². The summed E-state index contributed by atoms with van der Waals surface area (Å²) in [6.45, 7) is 5.26. The minimum absolute atomic E-state index is 0.117. The topological polar surface area (TPSA) is 44.6 Å². The Morgan fingerprint density at radius 3 is 2.50 bits per heavy atom. The maximum absolute atomic E-state index is 11.8. The molecule has 2 aromatic carbocycles. The van der Waals surface area contributed by atoms with Gasteiger partial charge in [0.2, 0.25) is 5.91 Å². The molecule has 0 saturated carbocycles. The van der Waals surface area contributed by atoms with Gasteiger partial charge in [0, 0.05) is 52.9 Å². The van der Waals surface area contributed by atoms with E-state index in [9.17, 15) is 4.79 Å². The second-order valence-electron chi connectivity index (χ2n) is 7.93. The summed E-state index contributed by atoms with van der Waals surface area (Å²) in [5.41, 5.74) is 8.26. The fourth-order valence-corrected chi connectivity index (χ4v) is 4.44. The van der Waals surface area contributed by atoms with Crippen LogP contribution < -0.4 is 14.7 Å². The van der Waals surface area contributed by atoms with Crippen molar-refractivity contribution in [1.82, 2.24) is 9.55 Å². The van der Waals surface area contributed by atoms with Gasteiger partial charge in [-0.2, -0.15) is 0 Å². The van der Waals surface area contributed by atoms with Gasteiger partial charge in [-0.3, -0.25) is 4.79 Å². The Kier molecular flexibility index (Phi) is 3.82. The number of hydrogen-bond acceptors (Lipinski definition) is 4. The minimum Gasteiger partial charge on any atom is -0.371 e. The maximum Gasteiger partial charge on any atom is 0.223 e. The molecular formula is C22H25N5O. The van der Waals surface area contributed by atoms with E-state index in [2.05, 4.69) is 63.8 Å². The van der Waals surface area contributed by atoms with Crippen molar-refractivity contribution in [2.45, 2.75) is 19.9 Å². The van der Waals surface area contributed by atoms with Gasteiger partial charge in [-0.25, -0.2) is 4.98 Å². The van der Waals surface area contributed by atoms with Crippen molar-refractivity contribution in [2.24, 2.45) is 0 Å². The van der Waals surface area contributed by atoms with Crippen LogP contribution in [-0.2, 0) is 17.8 Å². The molecule has 6 heteroatoms. The number of imidazole rings is 1. The Labute approximate surface area is 165 Å². The van der Waals surface area contributed by atoms with Gasteiger partial charge in [-0.1, -0.05) is 12.1 Å². The van der Waals surface area contributed by atoms with E-state index in [0.717, 1.165) is 49.3 Å². The van der Waals surface area contributed by atoms with Crippen LogP contribution in [0.15, 0.2) is 36.7 Å². The first-order chi connectivity index (χ1) is 13.5. The van der Waals surface area contributed by atoms with E-state index >= 15 is 0 Å². The van der Waals surface area contributed by atoms with Crippen LogP contribution in [-0.4, -0.2) is 49.2 Å². The Morgan fingerprint density at radius 2 is 1.75 bits per heavy atom. The van der Waals surface area contributed by atoms with Crippen molar-refractivity contribution in [3.05, 3.63) is 47.8 Å². The lowest BCUT2D eigenvalue weighted by Crippen LogP contribution is -2.36. The van der Waals surface area contributed by atoms with Crippen LogP contribution in [0.5, 0.6) is 0 Å². The Morgan fingerprint density at radius 1 is 1.00 bits per heavy atom. The van der Waals surface area contributed by atoms with Crippen molar-refractivity contribution < 1.29 is 4.79 Å². The molecule has 1 amide bonds. The average molecular weight is 375 g/mol. The number of amides is 1. The monoisotopic (exact) mass is 375 g/mol. The summed E-state index contributed by atoms with van der Waals surface area (Å²) in [5.74, 6) is 0.117. The summed E-state index contributed by atoms with van der Waals surface area (Å²) < 4.78 is 2.22. The highest BCUT2D eigenvalue weighted by Crippen LogP contribution is 2.35. The van der Waals surface area contributed by atoms with Crippen LogP contribution in [0, 0.1) is 0 Å². The zero-order chi connectivity index (χ0) is 19.4. The predicted octanol–water partition coefficient (Wildman–Crippen LogP) is 2.88. The lowest BCUT2D eigenvalue weighted by molar-refractivity contribution is -0.116. The third-order valence-electron chi connectivity index (χ3n) is 6.08. The highest BCUT2D eigenvalue weighted by molar-refractivity contribution is 5.94. The van der Waals surface area contributed by atoms with Gasteiger partial charge in [-0.05, 0) is 35.7 Å².